The van der Waals surface area contributed by atoms with Crippen LogP contribution in [0, 0.1) is 6.92 Å². The van der Waals surface area contributed by atoms with Gasteiger partial charge in [0.2, 0.25) is 12.3 Å². The Bertz CT molecular complexity index is 1270. The van der Waals surface area contributed by atoms with Gasteiger partial charge in [-0.3, -0.25) is 9.59 Å². The Hall–Kier alpha value is -4.33. The molecule has 1 fully saturated rings. The van der Waals surface area contributed by atoms with Crippen molar-refractivity contribution in [3.05, 3.63) is 89.0 Å². The molecule has 180 valence electrons. The highest BCUT2D eigenvalue weighted by Gasteiger charge is 2.47. The van der Waals surface area contributed by atoms with E-state index in [1.54, 1.807) is 50.4 Å². The summed E-state index contributed by atoms with van der Waals surface area (Å²) in [5, 5.41) is 2.92. The lowest BCUT2D eigenvalue weighted by atomic mass is 9.99. The molecule has 1 aliphatic heterocycles. The lowest BCUT2D eigenvalue weighted by Crippen LogP contribution is -2.42. The monoisotopic (exact) mass is 474 g/mol. The number of amides is 2. The minimum atomic E-state index is -0.826. The van der Waals surface area contributed by atoms with Crippen molar-refractivity contribution in [1.82, 2.24) is 10.7 Å². The van der Waals surface area contributed by atoms with Crippen molar-refractivity contribution < 1.29 is 28.5 Å². The predicted octanol–water partition coefficient (Wildman–Crippen LogP) is 3.04. The Balaban J connectivity index is 1.72. The number of nitrogens with zero attached hydrogens (tertiary/aromatic N) is 1. The summed E-state index contributed by atoms with van der Waals surface area (Å²) in [4.78, 5) is 26.1. The summed E-state index contributed by atoms with van der Waals surface area (Å²) >= 11 is 0. The Kier molecular flexibility index (Phi) is 7.01. The number of hydrogen-bond acceptors (Lipinski definition) is 5. The van der Waals surface area contributed by atoms with Crippen molar-refractivity contribution in [2.24, 2.45) is 0 Å². The Morgan fingerprint density at radius 2 is 1.69 bits per heavy atom. The molecule has 8 nitrogen and oxygen atoms in total. The first kappa shape index (κ1) is 23.8. The van der Waals surface area contributed by atoms with Crippen LogP contribution in [-0.4, -0.2) is 50.1 Å². The van der Waals surface area contributed by atoms with E-state index in [1.807, 2.05) is 55.5 Å². The molecule has 2 amide bonds. The first-order chi connectivity index (χ1) is 16.9. The molecular weight excluding hydrogens is 446 g/mol. The van der Waals surface area contributed by atoms with Crippen molar-refractivity contribution in [2.45, 2.75) is 19.0 Å². The van der Waals surface area contributed by atoms with Crippen LogP contribution in [0.1, 0.15) is 33.1 Å². The number of aryl methyl sites for hydroxylation is 1. The average Bonchev–Trinajstić information content (AvgIpc) is 3.17. The second kappa shape index (κ2) is 10.3. The lowest BCUT2D eigenvalue weighted by Gasteiger charge is -2.15. The number of ether oxygens (including phenoxy) is 3. The highest BCUT2D eigenvalue weighted by Crippen LogP contribution is 2.29. The minimum absolute atomic E-state index is 0.316. The molecule has 35 heavy (non-hydrogen) atoms. The van der Waals surface area contributed by atoms with Gasteiger partial charge >= 0.3 is 5.91 Å². The molecule has 2 atom stereocenters. The average molecular weight is 475 g/mol. The van der Waals surface area contributed by atoms with E-state index >= 15 is 0 Å². The Morgan fingerprint density at radius 3 is 2.34 bits per heavy atom. The third-order valence-electron chi connectivity index (χ3n) is 5.86. The maximum Gasteiger partial charge on any atom is 0.304 e. The Labute approximate surface area is 204 Å². The molecule has 3 aromatic carbocycles. The third kappa shape index (κ3) is 5.11. The Morgan fingerprint density at radius 1 is 0.943 bits per heavy atom. The van der Waals surface area contributed by atoms with E-state index in [2.05, 4.69) is 10.7 Å². The maximum absolute atomic E-state index is 13.1. The number of carbonyl (C=O) groups excluding carboxylic acids is 2. The quantitative estimate of drug-likeness (QED) is 0.514. The van der Waals surface area contributed by atoms with Gasteiger partial charge < -0.3 is 19.5 Å². The number of hydrazone groups is 1. The van der Waals surface area contributed by atoms with Gasteiger partial charge in [0.1, 0.15) is 5.75 Å². The normalized spacial score (nSPS) is 18.2. The molecule has 1 heterocycles. The van der Waals surface area contributed by atoms with E-state index in [0.29, 0.717) is 22.8 Å². The first-order valence-electron chi connectivity index (χ1n) is 11.1. The second-order valence-corrected chi connectivity index (χ2v) is 8.17. The molecule has 3 aromatic rings. The number of carbonyl (C=O) groups is 2. The summed E-state index contributed by atoms with van der Waals surface area (Å²) in [5.41, 5.74) is 5.95. The third-order valence-corrected chi connectivity index (χ3v) is 5.86. The fourth-order valence-electron chi connectivity index (χ4n) is 4.09. The lowest BCUT2D eigenvalue weighted by molar-refractivity contribution is -0.596. The SMILES string of the molecule is COc1ccc([C@H]2[C@H](NC(=O)c3cccc(C)c3)C(=O)N/[N+]2=C\c2ccc(OC)c(OC)c2)cc1. The van der Waals surface area contributed by atoms with E-state index < -0.39 is 12.1 Å². The number of hydrazine groups is 1. The summed E-state index contributed by atoms with van der Waals surface area (Å²) in [7, 11) is 4.73. The zero-order valence-corrected chi connectivity index (χ0v) is 20.1. The summed E-state index contributed by atoms with van der Waals surface area (Å²) in [6.45, 7) is 1.92. The van der Waals surface area contributed by atoms with Crippen LogP contribution in [0.25, 0.3) is 0 Å². The standard InChI is InChI=1S/C27H27N3O5/c1-17-6-5-7-20(14-17)26(31)28-24-25(19-9-11-21(33-2)12-10-19)30(29-27(24)32)16-18-8-13-22(34-3)23(15-18)35-4/h5-16,24-25H,1-4H3,(H-,28,29,31,32)/p+1/b30-16-/t24-,25-/m0/s1. The van der Waals surface area contributed by atoms with Gasteiger partial charge in [-0.05, 0) is 61.5 Å². The number of benzene rings is 3. The molecule has 0 spiro atoms. The molecule has 0 aromatic heterocycles. The summed E-state index contributed by atoms with van der Waals surface area (Å²) < 4.78 is 17.7. The molecule has 1 saturated heterocycles. The van der Waals surface area contributed by atoms with Crippen molar-refractivity contribution >= 4 is 18.0 Å². The van der Waals surface area contributed by atoms with Crippen LogP contribution >= 0.6 is 0 Å². The van der Waals surface area contributed by atoms with E-state index in [0.717, 1.165) is 16.7 Å². The van der Waals surface area contributed by atoms with Crippen LogP contribution in [0.3, 0.4) is 0 Å². The largest absolute Gasteiger partial charge is 0.497 e. The first-order valence-corrected chi connectivity index (χ1v) is 11.1. The van der Waals surface area contributed by atoms with Crippen LogP contribution in [-0.2, 0) is 4.79 Å². The molecule has 1 aliphatic rings. The molecule has 0 unspecified atom stereocenters. The molecule has 0 bridgehead atoms. The number of methoxy groups -OCH3 is 3. The van der Waals surface area contributed by atoms with Crippen LogP contribution in [0.15, 0.2) is 66.7 Å². The molecule has 8 heteroatoms. The van der Waals surface area contributed by atoms with Gasteiger partial charge in [0.05, 0.1) is 21.3 Å². The second-order valence-electron chi connectivity index (χ2n) is 8.17. The van der Waals surface area contributed by atoms with Gasteiger partial charge in [-0.2, -0.15) is 0 Å². The minimum Gasteiger partial charge on any atom is -0.497 e. The molecule has 0 radical (unpaired) electrons. The molecule has 4 rings (SSSR count). The van der Waals surface area contributed by atoms with Crippen molar-refractivity contribution in [3.63, 3.8) is 0 Å². The van der Waals surface area contributed by atoms with Crippen LogP contribution < -0.4 is 25.0 Å². The molecule has 0 aliphatic carbocycles. The van der Waals surface area contributed by atoms with Crippen molar-refractivity contribution in [1.29, 1.82) is 0 Å². The number of hydrogen-bond donors (Lipinski definition) is 2. The topological polar surface area (TPSA) is 88.9 Å². The van der Waals surface area contributed by atoms with Crippen molar-refractivity contribution in [3.8, 4) is 17.2 Å². The highest BCUT2D eigenvalue weighted by atomic mass is 16.5. The highest BCUT2D eigenvalue weighted by molar-refractivity contribution is 5.98. The van der Waals surface area contributed by atoms with Crippen LogP contribution in [0.5, 0.6) is 17.2 Å². The fraction of sp³-hybridized carbons (Fsp3) is 0.222. The van der Waals surface area contributed by atoms with Gasteiger partial charge in [-0.15, -0.1) is 10.1 Å². The maximum atomic E-state index is 13.1. The van der Waals surface area contributed by atoms with E-state index in [1.165, 1.54) is 0 Å². The van der Waals surface area contributed by atoms with Crippen LogP contribution in [0.4, 0.5) is 0 Å². The van der Waals surface area contributed by atoms with Gasteiger partial charge in [0.15, 0.2) is 17.5 Å². The molecular formula is C27H28N3O5+. The van der Waals surface area contributed by atoms with Gasteiger partial charge in [-0.25, -0.2) is 0 Å². The predicted molar refractivity (Wildman–Crippen MR) is 131 cm³/mol. The van der Waals surface area contributed by atoms with Crippen molar-refractivity contribution in [2.75, 3.05) is 21.3 Å². The fourth-order valence-corrected chi connectivity index (χ4v) is 4.09. The zero-order chi connectivity index (χ0) is 24.9. The molecule has 0 saturated carbocycles. The van der Waals surface area contributed by atoms with E-state index in [4.69, 9.17) is 14.2 Å². The van der Waals surface area contributed by atoms with Gasteiger partial charge in [0, 0.05) is 16.7 Å². The summed E-state index contributed by atoms with van der Waals surface area (Å²) in [5.74, 6) is 1.23. The van der Waals surface area contributed by atoms with Crippen LogP contribution in [0.2, 0.25) is 0 Å². The van der Waals surface area contributed by atoms with E-state index in [-0.39, 0.29) is 11.8 Å². The van der Waals surface area contributed by atoms with Gasteiger partial charge in [0.25, 0.3) is 5.91 Å². The molecule has 2 N–H and O–H groups in total. The van der Waals surface area contributed by atoms with Gasteiger partial charge in [-0.1, -0.05) is 17.7 Å². The summed E-state index contributed by atoms with van der Waals surface area (Å²) in [6, 6.07) is 18.8. The zero-order valence-electron chi connectivity index (χ0n) is 20.1. The number of nitrogens with one attached hydrogen (secondary N) is 2. The smallest absolute Gasteiger partial charge is 0.304 e. The van der Waals surface area contributed by atoms with E-state index in [9.17, 15) is 9.59 Å². The number of rotatable bonds is 7. The summed E-state index contributed by atoms with van der Waals surface area (Å²) in [6.07, 6.45) is 1.80.